The molecule has 18 heavy (non-hydrogen) atoms. The molecule has 1 aliphatic heterocycles. The van der Waals surface area contributed by atoms with Crippen molar-refractivity contribution in [3.8, 4) is 0 Å². The van der Waals surface area contributed by atoms with Crippen molar-refractivity contribution in [3.63, 3.8) is 0 Å². The zero-order valence-corrected chi connectivity index (χ0v) is 11.6. The Kier molecular flexibility index (Phi) is 5.83. The molecule has 7 nitrogen and oxygen atoms in total. The normalized spacial score (nSPS) is 20.2. The predicted molar refractivity (Wildman–Crippen MR) is 70.6 cm³/mol. The molecular formula is C10H22N4O3S. The molecule has 0 radical (unpaired) electrons. The standard InChI is InChI=1S/C10H22N4O3S/c1-18(16,17)8-2-3-13-4-6-14(7-5-13)9-10(11)12-15/h15H,2-9H2,1H3,(H2,11,12). The Morgan fingerprint density at radius 3 is 2.33 bits per heavy atom. The number of sulfone groups is 1. The predicted octanol–water partition coefficient (Wildman–Crippen LogP) is -1.21. The molecule has 1 aliphatic rings. The molecule has 0 atom stereocenters. The molecule has 0 bridgehead atoms. The number of rotatable bonds is 6. The largest absolute Gasteiger partial charge is 0.409 e. The van der Waals surface area contributed by atoms with Gasteiger partial charge in [-0.05, 0) is 13.0 Å². The summed E-state index contributed by atoms with van der Waals surface area (Å²) in [7, 11) is -2.85. The monoisotopic (exact) mass is 278 g/mol. The second kappa shape index (κ2) is 6.91. The molecule has 1 heterocycles. The number of piperazine rings is 1. The van der Waals surface area contributed by atoms with Crippen LogP contribution in [0, 0.1) is 0 Å². The molecular weight excluding hydrogens is 256 g/mol. The summed E-state index contributed by atoms with van der Waals surface area (Å²) in [6.45, 7) is 4.79. The maximum Gasteiger partial charge on any atom is 0.153 e. The van der Waals surface area contributed by atoms with Gasteiger partial charge in [-0.1, -0.05) is 5.16 Å². The minimum Gasteiger partial charge on any atom is -0.409 e. The quantitative estimate of drug-likeness (QED) is 0.274. The summed E-state index contributed by atoms with van der Waals surface area (Å²) in [5.41, 5.74) is 5.44. The molecule has 1 rings (SSSR count). The third-order valence-electron chi connectivity index (χ3n) is 2.97. The first-order chi connectivity index (χ1) is 8.40. The molecule has 0 amide bonds. The minimum atomic E-state index is -2.85. The Balaban J connectivity index is 2.19. The molecule has 1 saturated heterocycles. The van der Waals surface area contributed by atoms with E-state index in [1.165, 1.54) is 6.26 Å². The molecule has 0 unspecified atom stereocenters. The van der Waals surface area contributed by atoms with Crippen molar-refractivity contribution in [2.75, 3.05) is 51.3 Å². The smallest absolute Gasteiger partial charge is 0.153 e. The zero-order chi connectivity index (χ0) is 13.6. The molecule has 3 N–H and O–H groups in total. The van der Waals surface area contributed by atoms with Gasteiger partial charge in [0.05, 0.1) is 12.3 Å². The number of nitrogens with zero attached hydrogens (tertiary/aromatic N) is 3. The van der Waals surface area contributed by atoms with Crippen LogP contribution in [-0.2, 0) is 9.84 Å². The number of amidine groups is 1. The van der Waals surface area contributed by atoms with Gasteiger partial charge in [-0.2, -0.15) is 0 Å². The van der Waals surface area contributed by atoms with E-state index in [9.17, 15) is 8.42 Å². The lowest BCUT2D eigenvalue weighted by molar-refractivity contribution is 0.145. The van der Waals surface area contributed by atoms with Crippen LogP contribution in [0.2, 0.25) is 0 Å². The van der Waals surface area contributed by atoms with Gasteiger partial charge in [0.2, 0.25) is 0 Å². The lowest BCUT2D eigenvalue weighted by Crippen LogP contribution is -2.49. The molecule has 0 saturated carbocycles. The zero-order valence-electron chi connectivity index (χ0n) is 10.7. The fourth-order valence-electron chi connectivity index (χ4n) is 1.98. The van der Waals surface area contributed by atoms with E-state index < -0.39 is 9.84 Å². The summed E-state index contributed by atoms with van der Waals surface area (Å²) < 4.78 is 22.0. The lowest BCUT2D eigenvalue weighted by atomic mass is 10.3. The van der Waals surface area contributed by atoms with Crippen LogP contribution < -0.4 is 5.73 Å². The van der Waals surface area contributed by atoms with Crippen molar-refractivity contribution < 1.29 is 13.6 Å². The van der Waals surface area contributed by atoms with E-state index in [0.717, 1.165) is 32.7 Å². The topological polar surface area (TPSA) is 99.2 Å². The summed E-state index contributed by atoms with van der Waals surface area (Å²) in [6, 6.07) is 0. The van der Waals surface area contributed by atoms with Crippen LogP contribution in [0.3, 0.4) is 0 Å². The average Bonchev–Trinajstić information content (AvgIpc) is 2.29. The van der Waals surface area contributed by atoms with Crippen molar-refractivity contribution in [1.29, 1.82) is 0 Å². The first kappa shape index (κ1) is 15.2. The second-order valence-corrected chi connectivity index (χ2v) is 6.95. The number of hydrogen-bond donors (Lipinski definition) is 2. The van der Waals surface area contributed by atoms with Crippen LogP contribution in [-0.4, -0.2) is 80.5 Å². The molecule has 1 fully saturated rings. The molecule has 0 aromatic carbocycles. The van der Waals surface area contributed by atoms with Gasteiger partial charge in [0, 0.05) is 32.4 Å². The molecule has 0 aromatic rings. The number of hydrogen-bond acceptors (Lipinski definition) is 6. The van der Waals surface area contributed by atoms with E-state index in [4.69, 9.17) is 10.9 Å². The fraction of sp³-hybridized carbons (Fsp3) is 0.900. The molecule has 106 valence electrons. The SMILES string of the molecule is CS(=O)(=O)CCCN1CCN(CC(N)=NO)CC1. The third kappa shape index (κ3) is 6.18. The third-order valence-corrected chi connectivity index (χ3v) is 4.00. The highest BCUT2D eigenvalue weighted by Crippen LogP contribution is 2.03. The van der Waals surface area contributed by atoms with Gasteiger partial charge in [-0.3, -0.25) is 4.90 Å². The van der Waals surface area contributed by atoms with E-state index >= 15 is 0 Å². The summed E-state index contributed by atoms with van der Waals surface area (Å²) in [5, 5.41) is 11.4. The highest BCUT2D eigenvalue weighted by molar-refractivity contribution is 7.90. The van der Waals surface area contributed by atoms with Crippen molar-refractivity contribution >= 4 is 15.7 Å². The maximum absolute atomic E-state index is 11.0. The number of nitrogens with two attached hydrogens (primary N) is 1. The fourth-order valence-corrected chi connectivity index (χ4v) is 2.64. The van der Waals surface area contributed by atoms with Gasteiger partial charge >= 0.3 is 0 Å². The Hall–Kier alpha value is -0.860. The summed E-state index contributed by atoms with van der Waals surface area (Å²) >= 11 is 0. The summed E-state index contributed by atoms with van der Waals surface area (Å²) in [6.07, 6.45) is 1.95. The summed E-state index contributed by atoms with van der Waals surface area (Å²) in [5.74, 6) is 0.470. The van der Waals surface area contributed by atoms with Crippen molar-refractivity contribution in [3.05, 3.63) is 0 Å². The van der Waals surface area contributed by atoms with E-state index in [0.29, 0.717) is 13.0 Å². The molecule has 0 aliphatic carbocycles. The number of oxime groups is 1. The molecule has 0 aromatic heterocycles. The minimum absolute atomic E-state index is 0.223. The molecule has 0 spiro atoms. The van der Waals surface area contributed by atoms with E-state index in [-0.39, 0.29) is 11.6 Å². The lowest BCUT2D eigenvalue weighted by Gasteiger charge is -2.34. The van der Waals surface area contributed by atoms with E-state index in [2.05, 4.69) is 15.0 Å². The summed E-state index contributed by atoms with van der Waals surface area (Å²) in [4.78, 5) is 4.36. The van der Waals surface area contributed by atoms with Crippen molar-refractivity contribution in [2.24, 2.45) is 10.9 Å². The van der Waals surface area contributed by atoms with E-state index in [1.807, 2.05) is 0 Å². The van der Waals surface area contributed by atoms with Gasteiger partial charge in [0.15, 0.2) is 5.84 Å². The van der Waals surface area contributed by atoms with E-state index in [1.54, 1.807) is 0 Å². The Morgan fingerprint density at radius 1 is 1.28 bits per heavy atom. The van der Waals surface area contributed by atoms with Crippen LogP contribution in [0.4, 0.5) is 0 Å². The van der Waals surface area contributed by atoms with Crippen LogP contribution in [0.25, 0.3) is 0 Å². The van der Waals surface area contributed by atoms with Crippen LogP contribution >= 0.6 is 0 Å². The first-order valence-corrected chi connectivity index (χ1v) is 8.05. The first-order valence-electron chi connectivity index (χ1n) is 5.99. The highest BCUT2D eigenvalue weighted by atomic mass is 32.2. The van der Waals surface area contributed by atoms with Gasteiger partial charge in [-0.25, -0.2) is 8.42 Å². The van der Waals surface area contributed by atoms with Crippen molar-refractivity contribution in [1.82, 2.24) is 9.80 Å². The molecule has 8 heteroatoms. The second-order valence-electron chi connectivity index (χ2n) is 4.69. The Bertz CT molecular complexity index is 375. The van der Waals surface area contributed by atoms with Crippen LogP contribution in [0.15, 0.2) is 5.16 Å². The van der Waals surface area contributed by atoms with Gasteiger partial charge in [-0.15, -0.1) is 0 Å². The van der Waals surface area contributed by atoms with Crippen molar-refractivity contribution in [2.45, 2.75) is 6.42 Å². The Labute approximate surface area is 108 Å². The van der Waals surface area contributed by atoms with Crippen LogP contribution in [0.5, 0.6) is 0 Å². The van der Waals surface area contributed by atoms with Gasteiger partial charge in [0.25, 0.3) is 0 Å². The van der Waals surface area contributed by atoms with Crippen LogP contribution in [0.1, 0.15) is 6.42 Å². The Morgan fingerprint density at radius 2 is 1.83 bits per heavy atom. The maximum atomic E-state index is 11.0. The van der Waals surface area contributed by atoms with Gasteiger partial charge < -0.3 is 15.8 Å². The average molecular weight is 278 g/mol. The van der Waals surface area contributed by atoms with Gasteiger partial charge in [0.1, 0.15) is 9.84 Å². The highest BCUT2D eigenvalue weighted by Gasteiger charge is 2.17.